The van der Waals surface area contributed by atoms with E-state index in [0.717, 1.165) is 31.2 Å². The summed E-state index contributed by atoms with van der Waals surface area (Å²) in [6.45, 7) is 1.63. The molecule has 0 unspecified atom stereocenters. The van der Waals surface area contributed by atoms with Gasteiger partial charge in [-0.2, -0.15) is 0 Å². The zero-order chi connectivity index (χ0) is 24.8. The number of nitrogens with zero attached hydrogens (tertiary/aromatic N) is 1. The van der Waals surface area contributed by atoms with Crippen LogP contribution in [0.1, 0.15) is 52.5 Å². The van der Waals surface area contributed by atoms with Gasteiger partial charge in [0.1, 0.15) is 11.9 Å². The van der Waals surface area contributed by atoms with Crippen molar-refractivity contribution in [3.05, 3.63) is 87.9 Å². The molecule has 3 amide bonds. The van der Waals surface area contributed by atoms with E-state index in [0.29, 0.717) is 16.1 Å². The van der Waals surface area contributed by atoms with E-state index in [9.17, 15) is 18.8 Å². The first kappa shape index (κ1) is 24.6. The van der Waals surface area contributed by atoms with E-state index in [4.69, 9.17) is 0 Å². The maximum atomic E-state index is 13.7. The Labute approximate surface area is 208 Å². The van der Waals surface area contributed by atoms with Crippen LogP contribution in [0, 0.1) is 12.7 Å². The first-order valence-corrected chi connectivity index (χ1v) is 12.6. The number of amides is 3. The molecular weight excluding hydrogens is 465 g/mol. The predicted molar refractivity (Wildman–Crippen MR) is 135 cm³/mol. The first-order chi connectivity index (χ1) is 16.9. The Kier molecular flexibility index (Phi) is 7.92. The highest BCUT2D eigenvalue weighted by molar-refractivity contribution is 7.12. The Bertz CT molecular complexity index is 1160. The number of hydrogen-bond acceptors (Lipinski definition) is 4. The second-order valence-corrected chi connectivity index (χ2v) is 9.65. The molecule has 182 valence electrons. The van der Waals surface area contributed by atoms with Crippen LogP contribution in [-0.2, 0) is 9.59 Å². The van der Waals surface area contributed by atoms with Crippen molar-refractivity contribution < 1.29 is 18.8 Å². The number of carbonyl (C=O) groups excluding carboxylic acids is 3. The van der Waals surface area contributed by atoms with E-state index < -0.39 is 17.8 Å². The highest BCUT2D eigenvalue weighted by Gasteiger charge is 2.34. The number of rotatable bonds is 8. The van der Waals surface area contributed by atoms with Crippen LogP contribution in [0.15, 0.2) is 66.0 Å². The molecule has 1 aliphatic rings. The summed E-state index contributed by atoms with van der Waals surface area (Å²) in [6, 6.07) is 15.4. The van der Waals surface area contributed by atoms with Crippen LogP contribution in [0.4, 0.5) is 10.1 Å². The van der Waals surface area contributed by atoms with Crippen molar-refractivity contribution >= 4 is 34.7 Å². The maximum Gasteiger partial charge on any atom is 0.261 e. The average Bonchev–Trinajstić information content (AvgIpc) is 3.57. The van der Waals surface area contributed by atoms with E-state index in [2.05, 4.69) is 10.6 Å². The lowest BCUT2D eigenvalue weighted by atomic mass is 10.0. The lowest BCUT2D eigenvalue weighted by molar-refractivity contribution is -0.126. The quantitative estimate of drug-likeness (QED) is 0.475. The number of hydrogen-bond donors (Lipinski definition) is 2. The topological polar surface area (TPSA) is 78.5 Å². The molecule has 1 atom stereocenters. The molecule has 2 N–H and O–H groups in total. The lowest BCUT2D eigenvalue weighted by Crippen LogP contribution is -2.49. The van der Waals surface area contributed by atoms with Crippen LogP contribution >= 0.6 is 11.3 Å². The fraction of sp³-hybridized carbons (Fsp3) is 0.296. The van der Waals surface area contributed by atoms with Crippen molar-refractivity contribution in [1.29, 1.82) is 0 Å². The summed E-state index contributed by atoms with van der Waals surface area (Å²) in [4.78, 5) is 41.5. The van der Waals surface area contributed by atoms with E-state index in [-0.39, 0.29) is 24.4 Å². The fourth-order valence-corrected chi connectivity index (χ4v) is 4.93. The number of anilines is 1. The monoisotopic (exact) mass is 493 g/mol. The number of aryl methyl sites for hydroxylation is 1. The molecule has 0 radical (unpaired) electrons. The molecule has 1 fully saturated rings. The first-order valence-electron chi connectivity index (χ1n) is 11.7. The smallest absolute Gasteiger partial charge is 0.261 e. The zero-order valence-corrected chi connectivity index (χ0v) is 20.3. The van der Waals surface area contributed by atoms with Gasteiger partial charge in [-0.3, -0.25) is 19.3 Å². The molecule has 0 spiro atoms. The van der Waals surface area contributed by atoms with Gasteiger partial charge in [0.15, 0.2) is 0 Å². The Hall–Kier alpha value is -3.52. The predicted octanol–water partition coefficient (Wildman–Crippen LogP) is 4.76. The Morgan fingerprint density at radius 2 is 1.71 bits per heavy atom. The highest BCUT2D eigenvalue weighted by atomic mass is 32.1. The minimum absolute atomic E-state index is 0.0548. The largest absolute Gasteiger partial charge is 0.351 e. The average molecular weight is 494 g/mol. The molecule has 6 nitrogen and oxygen atoms in total. The van der Waals surface area contributed by atoms with Crippen molar-refractivity contribution in [2.45, 2.75) is 44.7 Å². The van der Waals surface area contributed by atoms with Gasteiger partial charge in [-0.05, 0) is 61.0 Å². The second-order valence-electron chi connectivity index (χ2n) is 8.70. The van der Waals surface area contributed by atoms with E-state index in [1.54, 1.807) is 17.5 Å². The van der Waals surface area contributed by atoms with Gasteiger partial charge in [0.25, 0.3) is 5.91 Å². The number of benzene rings is 2. The van der Waals surface area contributed by atoms with Crippen molar-refractivity contribution in [3.8, 4) is 0 Å². The highest BCUT2D eigenvalue weighted by Crippen LogP contribution is 2.30. The molecule has 1 aliphatic carbocycles. The molecule has 8 heteroatoms. The van der Waals surface area contributed by atoms with Crippen molar-refractivity contribution in [2.75, 3.05) is 11.4 Å². The number of thiophene rings is 1. The SMILES string of the molecule is Cc1ccc([C@@H](C(=O)NC2CCCC2)N(C(=O)CNC(=O)c2cccs2)c2ccc(F)cc2)cc1. The van der Waals surface area contributed by atoms with Gasteiger partial charge in [-0.15, -0.1) is 11.3 Å². The van der Waals surface area contributed by atoms with Crippen LogP contribution in [0.2, 0.25) is 0 Å². The summed E-state index contributed by atoms with van der Waals surface area (Å²) in [5, 5.41) is 7.53. The van der Waals surface area contributed by atoms with Gasteiger partial charge < -0.3 is 10.6 Å². The summed E-state index contributed by atoms with van der Waals surface area (Å²) in [5.41, 5.74) is 2.02. The molecule has 3 aromatic rings. The van der Waals surface area contributed by atoms with Crippen LogP contribution < -0.4 is 15.5 Å². The van der Waals surface area contributed by atoms with Gasteiger partial charge in [0.2, 0.25) is 11.8 Å². The second kappa shape index (κ2) is 11.3. The van der Waals surface area contributed by atoms with Crippen molar-refractivity contribution in [1.82, 2.24) is 10.6 Å². The number of halogens is 1. The molecule has 0 aliphatic heterocycles. The van der Waals surface area contributed by atoms with Crippen LogP contribution in [0.5, 0.6) is 0 Å². The summed E-state index contributed by atoms with van der Waals surface area (Å²) in [7, 11) is 0. The molecule has 1 heterocycles. The molecular formula is C27H28FN3O3S. The number of nitrogens with one attached hydrogen (secondary N) is 2. The Morgan fingerprint density at radius 3 is 2.34 bits per heavy atom. The van der Waals surface area contributed by atoms with Crippen LogP contribution in [0.3, 0.4) is 0 Å². The molecule has 0 bridgehead atoms. The molecule has 35 heavy (non-hydrogen) atoms. The summed E-state index contributed by atoms with van der Waals surface area (Å²) >= 11 is 1.27. The minimum Gasteiger partial charge on any atom is -0.351 e. The summed E-state index contributed by atoms with van der Waals surface area (Å²) in [6.07, 6.45) is 3.90. The maximum absolute atomic E-state index is 13.7. The molecule has 2 aromatic carbocycles. The normalized spacial score (nSPS) is 14.3. The van der Waals surface area contributed by atoms with Crippen LogP contribution in [-0.4, -0.2) is 30.3 Å². The standard InChI is InChI=1S/C27H28FN3O3S/c1-18-8-10-19(11-9-18)25(27(34)30-21-5-2-3-6-21)31(22-14-12-20(28)13-15-22)24(32)17-29-26(33)23-7-4-16-35-23/h4,7-16,21,25H,2-3,5-6,17H2,1H3,(H,29,33)(H,30,34)/t25-/m0/s1. The van der Waals surface area contributed by atoms with Gasteiger partial charge >= 0.3 is 0 Å². The molecule has 1 aromatic heterocycles. The fourth-order valence-electron chi connectivity index (χ4n) is 4.29. The zero-order valence-electron chi connectivity index (χ0n) is 19.5. The van der Waals surface area contributed by atoms with Crippen molar-refractivity contribution in [3.63, 3.8) is 0 Å². The van der Waals surface area contributed by atoms with Gasteiger partial charge in [-0.25, -0.2) is 4.39 Å². The summed E-state index contributed by atoms with van der Waals surface area (Å²) < 4.78 is 13.7. The summed E-state index contributed by atoms with van der Waals surface area (Å²) in [5.74, 6) is -1.60. The third-order valence-electron chi connectivity index (χ3n) is 6.12. The third-order valence-corrected chi connectivity index (χ3v) is 6.99. The van der Waals surface area contributed by atoms with Crippen LogP contribution in [0.25, 0.3) is 0 Å². The van der Waals surface area contributed by atoms with Crippen molar-refractivity contribution in [2.24, 2.45) is 0 Å². The van der Waals surface area contributed by atoms with Gasteiger partial charge in [0.05, 0.1) is 11.4 Å². The molecule has 0 saturated heterocycles. The molecule has 4 rings (SSSR count). The van der Waals surface area contributed by atoms with Gasteiger partial charge in [0, 0.05) is 11.7 Å². The van der Waals surface area contributed by atoms with E-state index >= 15 is 0 Å². The van der Waals surface area contributed by atoms with E-state index in [1.165, 1.54) is 40.5 Å². The van der Waals surface area contributed by atoms with Gasteiger partial charge in [-0.1, -0.05) is 48.7 Å². The molecule has 1 saturated carbocycles. The third kappa shape index (κ3) is 6.14. The number of carbonyl (C=O) groups is 3. The Morgan fingerprint density at radius 1 is 1.03 bits per heavy atom. The van der Waals surface area contributed by atoms with E-state index in [1.807, 2.05) is 31.2 Å². The Balaban J connectivity index is 1.67. The minimum atomic E-state index is -0.979. The lowest BCUT2D eigenvalue weighted by Gasteiger charge is -2.32.